The fourth-order valence-corrected chi connectivity index (χ4v) is 4.21. The van der Waals surface area contributed by atoms with Crippen LogP contribution in [0.3, 0.4) is 0 Å². The van der Waals surface area contributed by atoms with E-state index in [1.54, 1.807) is 6.92 Å². The topological polar surface area (TPSA) is 95.9 Å². The van der Waals surface area contributed by atoms with Gasteiger partial charge in [0.25, 0.3) is 0 Å². The Morgan fingerprint density at radius 1 is 1.06 bits per heavy atom. The van der Waals surface area contributed by atoms with Crippen LogP contribution in [0.2, 0.25) is 0 Å². The quantitative estimate of drug-likeness (QED) is 0.554. The van der Waals surface area contributed by atoms with Gasteiger partial charge in [-0.05, 0) is 43.7 Å². The van der Waals surface area contributed by atoms with Gasteiger partial charge in [-0.25, -0.2) is 4.79 Å². The molecule has 0 saturated carbocycles. The van der Waals surface area contributed by atoms with Crippen molar-refractivity contribution in [2.75, 3.05) is 13.2 Å². The second-order valence-electron chi connectivity index (χ2n) is 7.87. The van der Waals surface area contributed by atoms with Gasteiger partial charge in [-0.2, -0.15) is 0 Å². The van der Waals surface area contributed by atoms with Gasteiger partial charge in [-0.1, -0.05) is 60.7 Å². The minimum Gasteiger partial charge on any atom is -0.480 e. The van der Waals surface area contributed by atoms with Gasteiger partial charge in [0.05, 0.1) is 19.2 Å². The van der Waals surface area contributed by atoms with E-state index < -0.39 is 24.0 Å². The second-order valence-corrected chi connectivity index (χ2v) is 7.87. The van der Waals surface area contributed by atoms with Gasteiger partial charge < -0.3 is 14.7 Å². The lowest BCUT2D eigenvalue weighted by atomic mass is 10.0. The number of rotatable bonds is 10. The van der Waals surface area contributed by atoms with Crippen LogP contribution in [0.5, 0.6) is 0 Å². The van der Waals surface area contributed by atoms with E-state index in [1.807, 2.05) is 60.7 Å². The van der Waals surface area contributed by atoms with Gasteiger partial charge in [0.15, 0.2) is 0 Å². The standard InChI is InChI=1S/C25H30N2O5/c1-2-32-25(31)20(14-13-18-9-5-3-6-10-18)26-17-23(28)27-21(15-16-22(27)24(29)30)19-11-7-4-8-12-19/h3-12,20-22,26H,2,13-17H2,1H3,(H,29,30)/t20-,21+,22-/m0/s1. The molecule has 2 N–H and O–H groups in total. The van der Waals surface area contributed by atoms with E-state index in [1.165, 1.54) is 4.90 Å². The monoisotopic (exact) mass is 438 g/mol. The van der Waals surface area contributed by atoms with E-state index in [9.17, 15) is 19.5 Å². The van der Waals surface area contributed by atoms with Crippen molar-refractivity contribution in [3.05, 3.63) is 71.8 Å². The molecule has 1 heterocycles. The smallest absolute Gasteiger partial charge is 0.326 e. The molecule has 0 aliphatic carbocycles. The van der Waals surface area contributed by atoms with Crippen LogP contribution in [0.1, 0.15) is 43.4 Å². The van der Waals surface area contributed by atoms with E-state index in [0.717, 1.165) is 11.1 Å². The first-order valence-electron chi connectivity index (χ1n) is 11.0. The molecule has 1 aliphatic rings. The predicted molar refractivity (Wildman–Crippen MR) is 120 cm³/mol. The van der Waals surface area contributed by atoms with E-state index in [0.29, 0.717) is 25.7 Å². The third kappa shape index (κ3) is 5.95. The van der Waals surface area contributed by atoms with E-state index in [4.69, 9.17) is 4.74 Å². The van der Waals surface area contributed by atoms with Crippen LogP contribution in [-0.2, 0) is 25.5 Å². The molecule has 2 aromatic rings. The first-order chi connectivity index (χ1) is 15.5. The number of amides is 1. The molecule has 32 heavy (non-hydrogen) atoms. The Kier molecular flexibility index (Phi) is 8.39. The number of aliphatic carboxylic acids is 1. The number of benzene rings is 2. The Balaban J connectivity index is 1.69. The number of nitrogens with zero attached hydrogens (tertiary/aromatic N) is 1. The molecule has 3 atom stereocenters. The summed E-state index contributed by atoms with van der Waals surface area (Å²) in [5.41, 5.74) is 2.00. The van der Waals surface area contributed by atoms with Crippen LogP contribution in [0, 0.1) is 0 Å². The van der Waals surface area contributed by atoms with Crippen molar-refractivity contribution >= 4 is 17.8 Å². The fraction of sp³-hybridized carbons (Fsp3) is 0.400. The Bertz CT molecular complexity index is 903. The van der Waals surface area contributed by atoms with Crippen molar-refractivity contribution < 1.29 is 24.2 Å². The Morgan fingerprint density at radius 3 is 2.34 bits per heavy atom. The first-order valence-corrected chi connectivity index (χ1v) is 11.0. The Labute approximate surface area is 188 Å². The predicted octanol–water partition coefficient (Wildman–Crippen LogP) is 2.96. The number of hydrogen-bond acceptors (Lipinski definition) is 5. The minimum absolute atomic E-state index is 0.134. The second kappa shape index (κ2) is 11.4. The van der Waals surface area contributed by atoms with Gasteiger partial charge in [0.2, 0.25) is 5.91 Å². The molecule has 0 unspecified atom stereocenters. The third-order valence-electron chi connectivity index (χ3n) is 5.78. The van der Waals surface area contributed by atoms with Crippen molar-refractivity contribution in [1.29, 1.82) is 0 Å². The third-order valence-corrected chi connectivity index (χ3v) is 5.78. The lowest BCUT2D eigenvalue weighted by molar-refractivity contribution is -0.150. The summed E-state index contributed by atoms with van der Waals surface area (Å²) >= 11 is 0. The van der Waals surface area contributed by atoms with Crippen molar-refractivity contribution in [2.24, 2.45) is 0 Å². The molecular weight excluding hydrogens is 408 g/mol. The van der Waals surface area contributed by atoms with Gasteiger partial charge in [0, 0.05) is 0 Å². The Hall–Kier alpha value is -3.19. The normalized spacial score (nSPS) is 18.8. The number of aryl methyl sites for hydroxylation is 1. The summed E-state index contributed by atoms with van der Waals surface area (Å²) in [7, 11) is 0. The summed E-state index contributed by atoms with van der Waals surface area (Å²) < 4.78 is 5.18. The summed E-state index contributed by atoms with van der Waals surface area (Å²) in [4.78, 5) is 38.8. The van der Waals surface area contributed by atoms with Crippen LogP contribution in [0.25, 0.3) is 0 Å². The molecule has 1 aliphatic heterocycles. The largest absolute Gasteiger partial charge is 0.480 e. The highest BCUT2D eigenvalue weighted by Gasteiger charge is 2.41. The molecule has 7 heteroatoms. The number of carbonyl (C=O) groups is 3. The number of carbonyl (C=O) groups excluding carboxylic acids is 2. The molecule has 3 rings (SSSR count). The molecule has 2 aromatic carbocycles. The highest BCUT2D eigenvalue weighted by atomic mass is 16.5. The van der Waals surface area contributed by atoms with Gasteiger partial charge in [-0.15, -0.1) is 0 Å². The number of ether oxygens (including phenoxy) is 1. The van der Waals surface area contributed by atoms with E-state index >= 15 is 0 Å². The van der Waals surface area contributed by atoms with Crippen molar-refractivity contribution in [2.45, 2.75) is 50.7 Å². The zero-order valence-corrected chi connectivity index (χ0v) is 18.3. The maximum Gasteiger partial charge on any atom is 0.326 e. The summed E-state index contributed by atoms with van der Waals surface area (Å²) in [6.07, 6.45) is 2.11. The zero-order valence-electron chi connectivity index (χ0n) is 18.3. The number of esters is 1. The lowest BCUT2D eigenvalue weighted by Crippen LogP contribution is -2.49. The first kappa shape index (κ1) is 23.5. The molecule has 1 amide bonds. The summed E-state index contributed by atoms with van der Waals surface area (Å²) in [5.74, 6) is -1.76. The van der Waals surface area contributed by atoms with Gasteiger partial charge >= 0.3 is 11.9 Å². The summed E-state index contributed by atoms with van der Waals surface area (Å²) in [6.45, 7) is 1.86. The Morgan fingerprint density at radius 2 is 1.72 bits per heavy atom. The average Bonchev–Trinajstić information content (AvgIpc) is 3.26. The molecule has 7 nitrogen and oxygen atoms in total. The van der Waals surface area contributed by atoms with Gasteiger partial charge in [-0.3, -0.25) is 14.9 Å². The van der Waals surface area contributed by atoms with Crippen molar-refractivity contribution in [1.82, 2.24) is 10.2 Å². The minimum atomic E-state index is -1.01. The van der Waals surface area contributed by atoms with E-state index in [-0.39, 0.29) is 25.1 Å². The molecular formula is C25H30N2O5. The molecule has 1 fully saturated rings. The highest BCUT2D eigenvalue weighted by molar-refractivity contribution is 5.86. The van der Waals surface area contributed by atoms with Crippen LogP contribution < -0.4 is 5.32 Å². The van der Waals surface area contributed by atoms with Crippen molar-refractivity contribution in [3.8, 4) is 0 Å². The van der Waals surface area contributed by atoms with Crippen LogP contribution in [0.15, 0.2) is 60.7 Å². The molecule has 170 valence electrons. The van der Waals surface area contributed by atoms with Crippen LogP contribution in [0.4, 0.5) is 0 Å². The maximum absolute atomic E-state index is 13.2. The molecule has 0 aromatic heterocycles. The fourth-order valence-electron chi connectivity index (χ4n) is 4.21. The molecule has 0 bridgehead atoms. The zero-order chi connectivity index (χ0) is 22.9. The molecule has 1 saturated heterocycles. The molecule has 0 spiro atoms. The van der Waals surface area contributed by atoms with Crippen molar-refractivity contribution in [3.63, 3.8) is 0 Å². The number of carboxylic acid groups (broad SMARTS) is 1. The number of hydrogen-bond donors (Lipinski definition) is 2. The lowest BCUT2D eigenvalue weighted by Gasteiger charge is -2.29. The van der Waals surface area contributed by atoms with Gasteiger partial charge in [0.1, 0.15) is 12.1 Å². The van der Waals surface area contributed by atoms with E-state index in [2.05, 4.69) is 5.32 Å². The number of nitrogens with one attached hydrogen (secondary N) is 1. The average molecular weight is 439 g/mol. The molecule has 0 radical (unpaired) electrons. The number of carboxylic acids is 1. The summed E-state index contributed by atoms with van der Waals surface area (Å²) in [6, 6.07) is 17.4. The number of likely N-dealkylation sites (tertiary alicyclic amines) is 1. The van der Waals surface area contributed by atoms with Crippen LogP contribution in [-0.4, -0.2) is 53.1 Å². The SMILES string of the molecule is CCOC(=O)[C@H](CCc1ccccc1)NCC(=O)N1[C@@H](c2ccccc2)CC[C@H]1C(=O)O. The maximum atomic E-state index is 13.2. The van der Waals surface area contributed by atoms with Crippen LogP contribution >= 0.6 is 0 Å². The summed E-state index contributed by atoms with van der Waals surface area (Å²) in [5, 5.41) is 12.7. The highest BCUT2D eigenvalue weighted by Crippen LogP contribution is 2.36.